The van der Waals surface area contributed by atoms with Crippen molar-refractivity contribution in [3.63, 3.8) is 0 Å². The van der Waals surface area contributed by atoms with E-state index in [1.165, 1.54) is 0 Å². The highest BCUT2D eigenvalue weighted by Gasteiger charge is 2.29. The molecule has 21 heavy (non-hydrogen) atoms. The van der Waals surface area contributed by atoms with E-state index in [1.807, 2.05) is 31.2 Å². The maximum Gasteiger partial charge on any atom is 0.226 e. The van der Waals surface area contributed by atoms with Gasteiger partial charge in [0.2, 0.25) is 5.91 Å². The number of benzene rings is 1. The minimum absolute atomic E-state index is 0.0824. The third-order valence-electron chi connectivity index (χ3n) is 3.84. The maximum absolute atomic E-state index is 12.0. The lowest BCUT2D eigenvalue weighted by atomic mass is 9.94. The fourth-order valence-electron chi connectivity index (χ4n) is 2.32. The van der Waals surface area contributed by atoms with Gasteiger partial charge in [0.05, 0.1) is 25.7 Å². The van der Waals surface area contributed by atoms with Crippen molar-refractivity contribution in [1.29, 1.82) is 0 Å². The van der Waals surface area contributed by atoms with Crippen molar-refractivity contribution >= 4 is 5.91 Å². The molecule has 0 spiro atoms. The molecule has 1 heterocycles. The number of hydrogen-bond donors (Lipinski definition) is 1. The van der Waals surface area contributed by atoms with E-state index in [-0.39, 0.29) is 5.91 Å². The second-order valence-electron chi connectivity index (χ2n) is 5.65. The molecule has 5 heteroatoms. The van der Waals surface area contributed by atoms with E-state index in [0.29, 0.717) is 39.0 Å². The Morgan fingerprint density at radius 2 is 1.81 bits per heavy atom. The van der Waals surface area contributed by atoms with Crippen LogP contribution in [0.2, 0.25) is 0 Å². The van der Waals surface area contributed by atoms with Gasteiger partial charge >= 0.3 is 0 Å². The average Bonchev–Trinajstić information content (AvgIpc) is 2.47. The summed E-state index contributed by atoms with van der Waals surface area (Å²) in [4.78, 5) is 13.8. The van der Waals surface area contributed by atoms with Crippen LogP contribution in [0.5, 0.6) is 11.5 Å². The van der Waals surface area contributed by atoms with E-state index in [2.05, 4.69) is 0 Å². The summed E-state index contributed by atoms with van der Waals surface area (Å²) >= 11 is 0. The summed E-state index contributed by atoms with van der Waals surface area (Å²) in [7, 11) is 1.62. The molecule has 1 fully saturated rings. The van der Waals surface area contributed by atoms with E-state index in [9.17, 15) is 9.90 Å². The van der Waals surface area contributed by atoms with Crippen molar-refractivity contribution in [2.75, 3.05) is 26.8 Å². The number of nitrogens with zero attached hydrogens (tertiary/aromatic N) is 1. The van der Waals surface area contributed by atoms with Crippen LogP contribution in [0.3, 0.4) is 0 Å². The summed E-state index contributed by atoms with van der Waals surface area (Å²) in [6.45, 7) is 3.42. The lowest BCUT2D eigenvalue weighted by Gasteiger charge is -2.35. The molecule has 2 rings (SSSR count). The first-order valence-electron chi connectivity index (χ1n) is 7.27. The van der Waals surface area contributed by atoms with Gasteiger partial charge in [-0.25, -0.2) is 0 Å². The molecule has 116 valence electrons. The monoisotopic (exact) mass is 293 g/mol. The third-order valence-corrected chi connectivity index (χ3v) is 3.84. The third kappa shape index (κ3) is 4.63. The molecule has 0 aromatic heterocycles. The van der Waals surface area contributed by atoms with E-state index < -0.39 is 5.60 Å². The SMILES string of the molecule is COc1ccc(OCCC(=O)N2CCC(C)(O)CC2)cc1. The van der Waals surface area contributed by atoms with Crippen LogP contribution in [-0.2, 0) is 4.79 Å². The van der Waals surface area contributed by atoms with Crippen LogP contribution in [0, 0.1) is 0 Å². The lowest BCUT2D eigenvalue weighted by molar-refractivity contribution is -0.135. The van der Waals surface area contributed by atoms with Gasteiger partial charge in [0.1, 0.15) is 11.5 Å². The molecule has 1 amide bonds. The lowest BCUT2D eigenvalue weighted by Crippen LogP contribution is -2.45. The molecule has 1 aromatic rings. The number of amides is 1. The quantitative estimate of drug-likeness (QED) is 0.900. The molecule has 0 radical (unpaired) electrons. The Kier molecular flexibility index (Phi) is 5.07. The minimum Gasteiger partial charge on any atom is -0.497 e. The summed E-state index contributed by atoms with van der Waals surface area (Å²) < 4.78 is 10.6. The molecule has 1 aliphatic rings. The Labute approximate surface area is 125 Å². The summed E-state index contributed by atoms with van der Waals surface area (Å²) in [5, 5.41) is 9.87. The fourth-order valence-corrected chi connectivity index (χ4v) is 2.32. The highest BCUT2D eigenvalue weighted by atomic mass is 16.5. The van der Waals surface area contributed by atoms with E-state index >= 15 is 0 Å². The zero-order valence-electron chi connectivity index (χ0n) is 12.7. The standard InChI is InChI=1S/C16H23NO4/c1-16(19)8-10-17(11-9-16)15(18)7-12-21-14-5-3-13(20-2)4-6-14/h3-6,19H,7-12H2,1-2H3. The van der Waals surface area contributed by atoms with Gasteiger partial charge in [-0.05, 0) is 44.0 Å². The number of hydrogen-bond acceptors (Lipinski definition) is 4. The van der Waals surface area contributed by atoms with E-state index in [4.69, 9.17) is 9.47 Å². The zero-order chi connectivity index (χ0) is 15.3. The van der Waals surface area contributed by atoms with Gasteiger partial charge < -0.3 is 19.5 Å². The van der Waals surface area contributed by atoms with Gasteiger partial charge in [-0.1, -0.05) is 0 Å². The summed E-state index contributed by atoms with van der Waals surface area (Å²) in [6.07, 6.45) is 1.63. The van der Waals surface area contributed by atoms with E-state index in [0.717, 1.165) is 11.5 Å². The molecule has 0 saturated carbocycles. The topological polar surface area (TPSA) is 59.0 Å². The molecule has 0 bridgehead atoms. The molecule has 1 N–H and O–H groups in total. The Morgan fingerprint density at radius 1 is 1.24 bits per heavy atom. The van der Waals surface area contributed by atoms with Crippen LogP contribution in [-0.4, -0.2) is 48.3 Å². The van der Waals surface area contributed by atoms with Gasteiger partial charge in [0.15, 0.2) is 0 Å². The first kappa shape index (κ1) is 15.6. The number of methoxy groups -OCH3 is 1. The van der Waals surface area contributed by atoms with Crippen LogP contribution in [0.1, 0.15) is 26.2 Å². The van der Waals surface area contributed by atoms with E-state index in [1.54, 1.807) is 12.0 Å². The molecule has 0 atom stereocenters. The van der Waals surface area contributed by atoms with Crippen LogP contribution in [0.25, 0.3) is 0 Å². The van der Waals surface area contributed by atoms with Gasteiger partial charge in [0, 0.05) is 13.1 Å². The molecular weight excluding hydrogens is 270 g/mol. The van der Waals surface area contributed by atoms with Crippen LogP contribution in [0.4, 0.5) is 0 Å². The van der Waals surface area contributed by atoms with Gasteiger partial charge in [-0.15, -0.1) is 0 Å². The van der Waals surface area contributed by atoms with Crippen LogP contribution in [0.15, 0.2) is 24.3 Å². The predicted octanol–water partition coefficient (Wildman–Crippen LogP) is 1.84. The largest absolute Gasteiger partial charge is 0.497 e. The van der Waals surface area contributed by atoms with Crippen LogP contribution < -0.4 is 9.47 Å². The molecule has 0 unspecified atom stereocenters. The number of aliphatic hydroxyl groups is 1. The van der Waals surface area contributed by atoms with Crippen LogP contribution >= 0.6 is 0 Å². The Bertz CT molecular complexity index is 460. The Hall–Kier alpha value is -1.75. The number of rotatable bonds is 5. The summed E-state index contributed by atoms with van der Waals surface area (Å²) in [6, 6.07) is 7.29. The predicted molar refractivity (Wildman–Crippen MR) is 79.5 cm³/mol. The number of likely N-dealkylation sites (tertiary alicyclic amines) is 1. The highest BCUT2D eigenvalue weighted by molar-refractivity contribution is 5.76. The van der Waals surface area contributed by atoms with Crippen molar-refractivity contribution in [3.05, 3.63) is 24.3 Å². The minimum atomic E-state index is -0.629. The Balaban J connectivity index is 1.71. The van der Waals surface area contributed by atoms with Crippen molar-refractivity contribution < 1.29 is 19.4 Å². The number of carbonyl (C=O) groups excluding carboxylic acids is 1. The second-order valence-corrected chi connectivity index (χ2v) is 5.65. The molecule has 5 nitrogen and oxygen atoms in total. The fraction of sp³-hybridized carbons (Fsp3) is 0.562. The molecule has 1 saturated heterocycles. The number of piperidine rings is 1. The van der Waals surface area contributed by atoms with Gasteiger partial charge in [0.25, 0.3) is 0 Å². The molecule has 1 aliphatic heterocycles. The van der Waals surface area contributed by atoms with Crippen molar-refractivity contribution in [2.45, 2.75) is 31.8 Å². The van der Waals surface area contributed by atoms with Gasteiger partial charge in [-0.2, -0.15) is 0 Å². The first-order chi connectivity index (χ1) is 10.00. The van der Waals surface area contributed by atoms with Gasteiger partial charge in [-0.3, -0.25) is 4.79 Å². The molecular formula is C16H23NO4. The maximum atomic E-state index is 12.0. The second kappa shape index (κ2) is 6.80. The normalized spacial score (nSPS) is 17.4. The summed E-state index contributed by atoms with van der Waals surface area (Å²) in [5.74, 6) is 1.59. The number of carbonyl (C=O) groups is 1. The zero-order valence-corrected chi connectivity index (χ0v) is 12.7. The Morgan fingerprint density at radius 3 is 2.38 bits per heavy atom. The van der Waals surface area contributed by atoms with Crippen molar-refractivity contribution in [3.8, 4) is 11.5 Å². The molecule has 1 aromatic carbocycles. The average molecular weight is 293 g/mol. The van der Waals surface area contributed by atoms with Crippen molar-refractivity contribution in [2.24, 2.45) is 0 Å². The summed E-state index contributed by atoms with van der Waals surface area (Å²) in [5.41, 5.74) is -0.629. The number of ether oxygens (including phenoxy) is 2. The molecule has 0 aliphatic carbocycles. The highest BCUT2D eigenvalue weighted by Crippen LogP contribution is 2.21. The smallest absolute Gasteiger partial charge is 0.226 e. The first-order valence-corrected chi connectivity index (χ1v) is 7.27. The van der Waals surface area contributed by atoms with Crippen molar-refractivity contribution in [1.82, 2.24) is 4.90 Å².